The third-order valence-electron chi connectivity index (χ3n) is 4.63. The SMILES string of the molecule is Cc1ccc(-c2cc(C(=O)NC(C)CO)cc(-c3ccnn3C(C)(C)C)c2)nc1. The van der Waals surface area contributed by atoms with Crippen molar-refractivity contribution in [1.29, 1.82) is 0 Å². The molecular formula is C23H28N4O2. The molecule has 1 aromatic carbocycles. The Kier molecular flexibility index (Phi) is 5.84. The maximum Gasteiger partial charge on any atom is 0.251 e. The van der Waals surface area contributed by atoms with Gasteiger partial charge in [0.05, 0.1) is 23.5 Å². The predicted octanol–water partition coefficient (Wildman–Crippen LogP) is 3.79. The fourth-order valence-electron chi connectivity index (χ4n) is 3.10. The summed E-state index contributed by atoms with van der Waals surface area (Å²) >= 11 is 0. The van der Waals surface area contributed by atoms with Crippen molar-refractivity contribution in [1.82, 2.24) is 20.1 Å². The molecule has 0 radical (unpaired) electrons. The van der Waals surface area contributed by atoms with Crippen molar-refractivity contribution in [2.45, 2.75) is 46.2 Å². The molecule has 2 aromatic heterocycles. The average molecular weight is 393 g/mol. The molecule has 0 saturated heterocycles. The van der Waals surface area contributed by atoms with Gasteiger partial charge >= 0.3 is 0 Å². The number of benzene rings is 1. The molecule has 0 saturated carbocycles. The number of aromatic nitrogens is 3. The first-order chi connectivity index (χ1) is 13.7. The molecule has 6 nitrogen and oxygen atoms in total. The number of aliphatic hydroxyl groups excluding tert-OH is 1. The summed E-state index contributed by atoms with van der Waals surface area (Å²) < 4.78 is 1.95. The molecule has 6 heteroatoms. The molecule has 0 aliphatic rings. The minimum Gasteiger partial charge on any atom is -0.394 e. The lowest BCUT2D eigenvalue weighted by molar-refractivity contribution is 0.0922. The topological polar surface area (TPSA) is 80.0 Å². The van der Waals surface area contributed by atoms with E-state index in [1.807, 2.05) is 54.2 Å². The molecule has 1 amide bonds. The van der Waals surface area contributed by atoms with Gasteiger partial charge in [0.2, 0.25) is 0 Å². The summed E-state index contributed by atoms with van der Waals surface area (Å²) in [5, 5.41) is 16.6. The van der Waals surface area contributed by atoms with Crippen LogP contribution in [0.4, 0.5) is 0 Å². The van der Waals surface area contributed by atoms with E-state index in [0.717, 1.165) is 28.1 Å². The number of rotatable bonds is 5. The number of hydrogen-bond acceptors (Lipinski definition) is 4. The number of nitrogens with one attached hydrogen (secondary N) is 1. The van der Waals surface area contributed by atoms with Gasteiger partial charge in [-0.05, 0) is 70.5 Å². The van der Waals surface area contributed by atoms with Crippen LogP contribution in [0, 0.1) is 6.92 Å². The van der Waals surface area contributed by atoms with E-state index >= 15 is 0 Å². The van der Waals surface area contributed by atoms with Gasteiger partial charge in [-0.2, -0.15) is 5.10 Å². The first-order valence-corrected chi connectivity index (χ1v) is 9.74. The van der Waals surface area contributed by atoms with Crippen molar-refractivity contribution in [3.63, 3.8) is 0 Å². The number of carbonyl (C=O) groups is 1. The van der Waals surface area contributed by atoms with Crippen LogP contribution >= 0.6 is 0 Å². The van der Waals surface area contributed by atoms with Crippen LogP contribution < -0.4 is 5.32 Å². The van der Waals surface area contributed by atoms with Gasteiger partial charge < -0.3 is 10.4 Å². The molecule has 3 rings (SSSR count). The monoisotopic (exact) mass is 392 g/mol. The van der Waals surface area contributed by atoms with Crippen LogP contribution in [0.3, 0.4) is 0 Å². The van der Waals surface area contributed by atoms with Gasteiger partial charge in [-0.25, -0.2) is 0 Å². The molecule has 3 aromatic rings. The smallest absolute Gasteiger partial charge is 0.251 e. The Hall–Kier alpha value is -2.99. The number of nitrogens with zero attached hydrogens (tertiary/aromatic N) is 3. The van der Waals surface area contributed by atoms with Gasteiger partial charge in [0, 0.05) is 35.1 Å². The number of carbonyl (C=O) groups excluding carboxylic acids is 1. The van der Waals surface area contributed by atoms with Crippen LogP contribution in [0.25, 0.3) is 22.5 Å². The number of hydrogen-bond donors (Lipinski definition) is 2. The third kappa shape index (κ3) is 4.71. The van der Waals surface area contributed by atoms with Crippen LogP contribution in [-0.4, -0.2) is 38.4 Å². The summed E-state index contributed by atoms with van der Waals surface area (Å²) in [6.07, 6.45) is 3.58. The summed E-state index contributed by atoms with van der Waals surface area (Å²) in [4.78, 5) is 17.3. The lowest BCUT2D eigenvalue weighted by Crippen LogP contribution is -2.35. The second kappa shape index (κ2) is 8.17. The first-order valence-electron chi connectivity index (χ1n) is 9.74. The average Bonchev–Trinajstić information content (AvgIpc) is 3.18. The van der Waals surface area contributed by atoms with Crippen molar-refractivity contribution in [3.8, 4) is 22.5 Å². The molecule has 2 N–H and O–H groups in total. The quantitative estimate of drug-likeness (QED) is 0.692. The van der Waals surface area contributed by atoms with Crippen LogP contribution in [0.15, 0.2) is 48.8 Å². The molecule has 2 heterocycles. The lowest BCUT2D eigenvalue weighted by atomic mass is 9.99. The van der Waals surface area contributed by atoms with Crippen molar-refractivity contribution < 1.29 is 9.90 Å². The molecule has 0 fully saturated rings. The highest BCUT2D eigenvalue weighted by Crippen LogP contribution is 2.30. The largest absolute Gasteiger partial charge is 0.394 e. The van der Waals surface area contributed by atoms with Crippen LogP contribution in [0.1, 0.15) is 43.6 Å². The number of aliphatic hydroxyl groups is 1. The van der Waals surface area contributed by atoms with E-state index < -0.39 is 0 Å². The second-order valence-electron chi connectivity index (χ2n) is 8.38. The standard InChI is InChI=1S/C23H28N4O2/c1-15-6-7-20(24-13-15)17-10-18(21-8-9-25-27(21)23(3,4)5)12-19(11-17)22(29)26-16(2)14-28/h6-13,16,28H,14H2,1-5H3,(H,26,29). The zero-order valence-corrected chi connectivity index (χ0v) is 17.6. The van der Waals surface area contributed by atoms with E-state index in [1.165, 1.54) is 0 Å². The highest BCUT2D eigenvalue weighted by molar-refractivity contribution is 5.97. The molecule has 152 valence electrons. The molecule has 0 bridgehead atoms. The summed E-state index contributed by atoms with van der Waals surface area (Å²) in [5.41, 5.74) is 4.85. The Morgan fingerprint density at radius 1 is 1.17 bits per heavy atom. The van der Waals surface area contributed by atoms with Crippen molar-refractivity contribution in [2.75, 3.05) is 6.61 Å². The Balaban J connectivity index is 2.14. The summed E-state index contributed by atoms with van der Waals surface area (Å²) in [5.74, 6) is -0.233. The number of pyridine rings is 1. The highest BCUT2D eigenvalue weighted by atomic mass is 16.3. The van der Waals surface area contributed by atoms with E-state index in [4.69, 9.17) is 0 Å². The molecule has 0 spiro atoms. The van der Waals surface area contributed by atoms with E-state index in [1.54, 1.807) is 13.1 Å². The minimum absolute atomic E-state index is 0.116. The van der Waals surface area contributed by atoms with Crippen molar-refractivity contribution in [3.05, 3.63) is 59.9 Å². The van der Waals surface area contributed by atoms with Crippen LogP contribution in [0.2, 0.25) is 0 Å². The van der Waals surface area contributed by atoms with E-state index in [0.29, 0.717) is 5.56 Å². The number of amides is 1. The maximum atomic E-state index is 12.8. The predicted molar refractivity (Wildman–Crippen MR) is 115 cm³/mol. The zero-order chi connectivity index (χ0) is 21.2. The van der Waals surface area contributed by atoms with Gasteiger partial charge in [0.25, 0.3) is 5.91 Å². The van der Waals surface area contributed by atoms with Gasteiger partial charge in [-0.3, -0.25) is 14.5 Å². The first kappa shape index (κ1) is 20.7. The Bertz CT molecular complexity index is 1000. The molecule has 0 aliphatic heterocycles. The van der Waals surface area contributed by atoms with Crippen molar-refractivity contribution >= 4 is 5.91 Å². The lowest BCUT2D eigenvalue weighted by Gasteiger charge is -2.23. The minimum atomic E-state index is -0.327. The highest BCUT2D eigenvalue weighted by Gasteiger charge is 2.20. The fraction of sp³-hybridized carbons (Fsp3) is 0.348. The maximum absolute atomic E-state index is 12.8. The van der Waals surface area contributed by atoms with E-state index in [9.17, 15) is 9.90 Å². The molecule has 1 atom stereocenters. The summed E-state index contributed by atoms with van der Waals surface area (Å²) in [6.45, 7) is 9.90. The van der Waals surface area contributed by atoms with Crippen LogP contribution in [0.5, 0.6) is 0 Å². The second-order valence-corrected chi connectivity index (χ2v) is 8.38. The molecular weight excluding hydrogens is 364 g/mol. The molecule has 0 aliphatic carbocycles. The molecule has 29 heavy (non-hydrogen) atoms. The van der Waals surface area contributed by atoms with E-state index in [-0.39, 0.29) is 24.1 Å². The van der Waals surface area contributed by atoms with Crippen LogP contribution in [-0.2, 0) is 5.54 Å². The van der Waals surface area contributed by atoms with E-state index in [2.05, 4.69) is 36.2 Å². The Morgan fingerprint density at radius 2 is 1.90 bits per heavy atom. The third-order valence-corrected chi connectivity index (χ3v) is 4.63. The Labute approximate surface area is 171 Å². The zero-order valence-electron chi connectivity index (χ0n) is 17.6. The van der Waals surface area contributed by atoms with Gasteiger partial charge in [-0.15, -0.1) is 0 Å². The normalized spacial score (nSPS) is 12.6. The molecule has 1 unspecified atom stereocenters. The summed E-state index contributed by atoms with van der Waals surface area (Å²) in [7, 11) is 0. The van der Waals surface area contributed by atoms with Gasteiger partial charge in [0.1, 0.15) is 0 Å². The number of aryl methyl sites for hydroxylation is 1. The van der Waals surface area contributed by atoms with Gasteiger partial charge in [0.15, 0.2) is 0 Å². The Morgan fingerprint density at radius 3 is 2.52 bits per heavy atom. The van der Waals surface area contributed by atoms with Gasteiger partial charge in [-0.1, -0.05) is 6.07 Å². The summed E-state index contributed by atoms with van der Waals surface area (Å²) in [6, 6.07) is 11.3. The van der Waals surface area contributed by atoms with Crippen molar-refractivity contribution in [2.24, 2.45) is 0 Å². The fourth-order valence-corrected chi connectivity index (χ4v) is 3.10.